The van der Waals surface area contributed by atoms with Crippen molar-refractivity contribution in [1.29, 1.82) is 0 Å². The van der Waals surface area contributed by atoms with E-state index >= 15 is 0 Å². The van der Waals surface area contributed by atoms with Crippen LogP contribution in [0.1, 0.15) is 52.5 Å². The SMILES string of the molecule is COc1ccc(S(=O)(=O)N(CC(C)C)C[C@@H](O)C(Cc2ccccc2)N(NC(=O)C2CCCN2)C(=O)CC(C)C)cc1. The number of carbonyl (C=O) groups is 2. The molecule has 10 nitrogen and oxygen atoms in total. The normalized spacial score (nSPS) is 16.9. The highest BCUT2D eigenvalue weighted by atomic mass is 32.2. The standard InChI is InChI=1S/C31H46N4O6S/c1-22(2)18-30(37)35(33-31(38)27-12-9-17-32-27)28(19-24-10-7-6-8-11-24)29(36)21-34(20-23(3)4)42(39,40)26-15-13-25(41-5)14-16-26/h6-8,10-11,13-16,22-23,27-29,32,36H,9,12,17-21H2,1-5H3,(H,33,38)/t27?,28?,29-/m1/s1. The Morgan fingerprint density at radius 1 is 1.02 bits per heavy atom. The summed E-state index contributed by atoms with van der Waals surface area (Å²) in [5.41, 5.74) is 3.64. The Labute approximate surface area is 250 Å². The Morgan fingerprint density at radius 3 is 2.24 bits per heavy atom. The zero-order valence-electron chi connectivity index (χ0n) is 25.3. The maximum atomic E-state index is 13.8. The number of hydrogen-bond acceptors (Lipinski definition) is 7. The van der Waals surface area contributed by atoms with Gasteiger partial charge < -0.3 is 15.2 Å². The molecular weight excluding hydrogens is 556 g/mol. The van der Waals surface area contributed by atoms with Crippen molar-refractivity contribution in [2.24, 2.45) is 11.8 Å². The van der Waals surface area contributed by atoms with E-state index in [0.29, 0.717) is 18.7 Å². The smallest absolute Gasteiger partial charge is 0.255 e. The summed E-state index contributed by atoms with van der Waals surface area (Å²) < 4.78 is 34.0. The molecule has 1 saturated heterocycles. The van der Waals surface area contributed by atoms with Crippen LogP contribution in [0.4, 0.5) is 0 Å². The molecule has 11 heteroatoms. The molecule has 0 bridgehead atoms. The van der Waals surface area contributed by atoms with E-state index in [1.165, 1.54) is 28.6 Å². The Balaban J connectivity index is 1.99. The number of hydrogen-bond donors (Lipinski definition) is 3. The van der Waals surface area contributed by atoms with Crippen molar-refractivity contribution >= 4 is 21.8 Å². The second kappa shape index (κ2) is 15.5. The predicted molar refractivity (Wildman–Crippen MR) is 162 cm³/mol. The molecule has 3 rings (SSSR count). The Kier molecular flexibility index (Phi) is 12.3. The second-order valence-corrected chi connectivity index (χ2v) is 13.6. The number of sulfonamides is 1. The van der Waals surface area contributed by atoms with E-state index in [0.717, 1.165) is 12.0 Å². The first-order valence-electron chi connectivity index (χ1n) is 14.6. The maximum absolute atomic E-state index is 13.8. The molecule has 3 N–H and O–H groups in total. The lowest BCUT2D eigenvalue weighted by Gasteiger charge is -2.38. The summed E-state index contributed by atoms with van der Waals surface area (Å²) in [6.45, 7) is 8.21. The van der Waals surface area contributed by atoms with Gasteiger partial charge in [0.1, 0.15) is 5.75 Å². The van der Waals surface area contributed by atoms with Gasteiger partial charge in [-0.1, -0.05) is 58.0 Å². The third kappa shape index (κ3) is 9.26. The Hall–Kier alpha value is -2.99. The number of aliphatic hydroxyl groups is 1. The summed E-state index contributed by atoms with van der Waals surface area (Å²) in [7, 11) is -2.50. The minimum atomic E-state index is -4.01. The van der Waals surface area contributed by atoms with Crippen LogP contribution in [0.3, 0.4) is 0 Å². The molecule has 2 aromatic carbocycles. The van der Waals surface area contributed by atoms with Gasteiger partial charge in [-0.25, -0.2) is 13.4 Å². The number of benzene rings is 2. The van der Waals surface area contributed by atoms with Crippen LogP contribution in [-0.2, 0) is 26.0 Å². The van der Waals surface area contributed by atoms with E-state index < -0.39 is 28.2 Å². The van der Waals surface area contributed by atoms with Crippen LogP contribution in [-0.4, -0.2) is 79.6 Å². The van der Waals surface area contributed by atoms with E-state index in [4.69, 9.17) is 4.74 Å². The number of hydrazine groups is 1. The third-order valence-corrected chi connectivity index (χ3v) is 9.03. The van der Waals surface area contributed by atoms with Gasteiger partial charge in [0, 0.05) is 19.5 Å². The molecule has 0 saturated carbocycles. The van der Waals surface area contributed by atoms with Gasteiger partial charge in [-0.15, -0.1) is 0 Å². The van der Waals surface area contributed by atoms with Gasteiger partial charge in [-0.2, -0.15) is 4.31 Å². The summed E-state index contributed by atoms with van der Waals surface area (Å²) >= 11 is 0. The van der Waals surface area contributed by atoms with Gasteiger partial charge in [-0.05, 0) is 67.5 Å². The molecule has 42 heavy (non-hydrogen) atoms. The minimum absolute atomic E-state index is 0.00362. The molecule has 2 aromatic rings. The van der Waals surface area contributed by atoms with Gasteiger partial charge in [0.15, 0.2) is 0 Å². The number of nitrogens with zero attached hydrogens (tertiary/aromatic N) is 2. The van der Waals surface area contributed by atoms with Crippen LogP contribution in [0.25, 0.3) is 0 Å². The van der Waals surface area contributed by atoms with Crippen LogP contribution < -0.4 is 15.5 Å². The van der Waals surface area contributed by atoms with Gasteiger partial charge in [-0.3, -0.25) is 15.0 Å². The van der Waals surface area contributed by atoms with Crippen molar-refractivity contribution in [2.45, 2.75) is 76.5 Å². The Morgan fingerprint density at radius 2 is 1.69 bits per heavy atom. The fourth-order valence-electron chi connectivity index (χ4n) is 5.04. The van der Waals surface area contributed by atoms with Crippen molar-refractivity contribution in [2.75, 3.05) is 26.7 Å². The molecule has 1 aliphatic rings. The van der Waals surface area contributed by atoms with E-state index in [1.54, 1.807) is 12.1 Å². The number of carbonyl (C=O) groups excluding carboxylic acids is 2. The van der Waals surface area contributed by atoms with E-state index in [9.17, 15) is 23.1 Å². The first kappa shape index (κ1) is 33.5. The maximum Gasteiger partial charge on any atom is 0.255 e. The molecule has 0 radical (unpaired) electrons. The van der Waals surface area contributed by atoms with Crippen LogP contribution in [0.5, 0.6) is 5.75 Å². The van der Waals surface area contributed by atoms with E-state index in [-0.39, 0.29) is 54.5 Å². The van der Waals surface area contributed by atoms with Gasteiger partial charge in [0.05, 0.1) is 30.2 Å². The van der Waals surface area contributed by atoms with Crippen LogP contribution in [0, 0.1) is 11.8 Å². The fraction of sp³-hybridized carbons (Fsp3) is 0.548. The number of aliphatic hydroxyl groups excluding tert-OH is 1. The highest BCUT2D eigenvalue weighted by molar-refractivity contribution is 7.89. The largest absolute Gasteiger partial charge is 0.497 e. The summed E-state index contributed by atoms with van der Waals surface area (Å²) in [6.07, 6.45) is 0.539. The zero-order valence-corrected chi connectivity index (χ0v) is 26.1. The van der Waals surface area contributed by atoms with Gasteiger partial charge in [0.2, 0.25) is 15.9 Å². The van der Waals surface area contributed by atoms with Gasteiger partial charge in [0.25, 0.3) is 5.91 Å². The number of methoxy groups -OCH3 is 1. The summed E-state index contributed by atoms with van der Waals surface area (Å²) in [4.78, 5) is 26.9. The number of ether oxygens (including phenoxy) is 1. The molecule has 1 fully saturated rings. The minimum Gasteiger partial charge on any atom is -0.497 e. The summed E-state index contributed by atoms with van der Waals surface area (Å²) in [5.74, 6) is -0.197. The quantitative estimate of drug-likeness (QED) is 0.284. The second-order valence-electron chi connectivity index (χ2n) is 11.7. The molecule has 0 aromatic heterocycles. The predicted octanol–water partition coefficient (Wildman–Crippen LogP) is 2.97. The molecule has 2 amide bonds. The molecule has 232 valence electrons. The van der Waals surface area contributed by atoms with Crippen molar-refractivity contribution in [1.82, 2.24) is 20.1 Å². The van der Waals surface area contributed by atoms with E-state index in [1.807, 2.05) is 58.0 Å². The van der Waals surface area contributed by atoms with Crippen molar-refractivity contribution in [3.8, 4) is 5.75 Å². The molecule has 0 aliphatic carbocycles. The molecular formula is C31H46N4O6S. The zero-order chi connectivity index (χ0) is 30.9. The average molecular weight is 603 g/mol. The van der Waals surface area contributed by atoms with Crippen LogP contribution in [0.2, 0.25) is 0 Å². The van der Waals surface area contributed by atoms with Crippen LogP contribution in [0.15, 0.2) is 59.5 Å². The lowest BCUT2D eigenvalue weighted by atomic mass is 9.99. The highest BCUT2D eigenvalue weighted by Crippen LogP contribution is 2.23. The number of amides is 2. The molecule has 2 unspecified atom stereocenters. The first-order valence-corrected chi connectivity index (χ1v) is 16.1. The third-order valence-electron chi connectivity index (χ3n) is 7.18. The molecule has 1 aliphatic heterocycles. The highest BCUT2D eigenvalue weighted by Gasteiger charge is 2.37. The average Bonchev–Trinajstić information content (AvgIpc) is 3.50. The summed E-state index contributed by atoms with van der Waals surface area (Å²) in [5, 5.41) is 16.2. The topological polar surface area (TPSA) is 128 Å². The molecule has 0 spiro atoms. The van der Waals surface area contributed by atoms with Crippen LogP contribution >= 0.6 is 0 Å². The first-order chi connectivity index (χ1) is 19.9. The summed E-state index contributed by atoms with van der Waals surface area (Å²) in [6, 6.07) is 14.1. The van der Waals surface area contributed by atoms with Crippen molar-refractivity contribution in [3.05, 3.63) is 60.2 Å². The lowest BCUT2D eigenvalue weighted by molar-refractivity contribution is -0.149. The van der Waals surface area contributed by atoms with Gasteiger partial charge >= 0.3 is 0 Å². The lowest BCUT2D eigenvalue weighted by Crippen LogP contribution is -2.61. The molecule has 3 atom stereocenters. The van der Waals surface area contributed by atoms with Crippen molar-refractivity contribution < 1.29 is 27.9 Å². The molecule has 1 heterocycles. The Bertz CT molecular complexity index is 1250. The monoisotopic (exact) mass is 602 g/mol. The number of rotatable bonds is 14. The van der Waals surface area contributed by atoms with Crippen molar-refractivity contribution in [3.63, 3.8) is 0 Å². The number of nitrogens with one attached hydrogen (secondary N) is 2. The van der Waals surface area contributed by atoms with E-state index in [2.05, 4.69) is 10.7 Å². The fourth-order valence-corrected chi connectivity index (χ4v) is 6.66.